The quantitative estimate of drug-likeness (QED) is 0.195. The van der Waals surface area contributed by atoms with Gasteiger partial charge in [0, 0.05) is 47.7 Å². The van der Waals surface area contributed by atoms with Gasteiger partial charge in [-0.05, 0) is 87.9 Å². The van der Waals surface area contributed by atoms with Gasteiger partial charge in [-0.1, -0.05) is 103 Å². The maximum Gasteiger partial charge on any atom is 0.135 e. The molecule has 0 aliphatic carbocycles. The van der Waals surface area contributed by atoms with E-state index in [2.05, 4.69) is 157 Å². The first-order valence-corrected chi connectivity index (χ1v) is 16.7. The zero-order chi connectivity index (χ0) is 30.9. The van der Waals surface area contributed by atoms with E-state index in [9.17, 15) is 0 Å². The van der Waals surface area contributed by atoms with Crippen LogP contribution >= 0.6 is 11.3 Å². The molecular weight excluding hydrogens is 591 g/mol. The normalized spacial score (nSPS) is 11.8. The van der Waals surface area contributed by atoms with E-state index in [-0.39, 0.29) is 0 Å². The SMILES string of the molecule is c1ccc2cc(N(c3ccc4sc5ccccc5c4c3)c3ccc(-c4ccc5oc6ccccc6c5c4)c4ccccc34)ccc2c1. The van der Waals surface area contributed by atoms with Crippen molar-refractivity contribution in [3.05, 3.63) is 164 Å². The summed E-state index contributed by atoms with van der Waals surface area (Å²) in [6.45, 7) is 0. The highest BCUT2D eigenvalue weighted by Gasteiger charge is 2.19. The minimum absolute atomic E-state index is 0.912. The molecule has 2 nitrogen and oxygen atoms in total. The Bertz CT molecular complexity index is 2820. The third kappa shape index (κ3) is 4.17. The molecule has 0 saturated carbocycles. The van der Waals surface area contributed by atoms with Gasteiger partial charge >= 0.3 is 0 Å². The summed E-state index contributed by atoms with van der Waals surface area (Å²) in [7, 11) is 0. The lowest BCUT2D eigenvalue weighted by atomic mass is 9.95. The fourth-order valence-corrected chi connectivity index (χ4v) is 8.31. The van der Waals surface area contributed by atoms with Crippen LogP contribution in [0, 0.1) is 0 Å². The minimum Gasteiger partial charge on any atom is -0.456 e. The van der Waals surface area contributed by atoms with Crippen LogP contribution in [-0.4, -0.2) is 0 Å². The molecule has 0 atom stereocenters. The second-order valence-electron chi connectivity index (χ2n) is 12.1. The number of anilines is 3. The number of rotatable bonds is 4. The van der Waals surface area contributed by atoms with Crippen LogP contribution in [0.1, 0.15) is 0 Å². The first-order valence-electron chi connectivity index (χ1n) is 15.9. The fourth-order valence-electron chi connectivity index (χ4n) is 7.22. The topological polar surface area (TPSA) is 16.4 Å². The molecule has 0 unspecified atom stereocenters. The molecule has 0 amide bonds. The maximum atomic E-state index is 6.16. The Morgan fingerprint density at radius 3 is 2.00 bits per heavy atom. The Labute approximate surface area is 275 Å². The molecule has 220 valence electrons. The van der Waals surface area contributed by atoms with Gasteiger partial charge in [0.25, 0.3) is 0 Å². The lowest BCUT2D eigenvalue weighted by Crippen LogP contribution is -2.10. The molecule has 8 aromatic carbocycles. The van der Waals surface area contributed by atoms with E-state index < -0.39 is 0 Å². The van der Waals surface area contributed by atoms with E-state index in [1.54, 1.807) is 0 Å². The van der Waals surface area contributed by atoms with Crippen LogP contribution < -0.4 is 4.90 Å². The Kier molecular flexibility index (Phi) is 5.78. The fraction of sp³-hybridized carbons (Fsp3) is 0. The molecule has 10 rings (SSSR count). The van der Waals surface area contributed by atoms with Gasteiger partial charge in [-0.3, -0.25) is 0 Å². The highest BCUT2D eigenvalue weighted by Crippen LogP contribution is 2.45. The lowest BCUT2D eigenvalue weighted by Gasteiger charge is -2.28. The number of para-hydroxylation sites is 1. The lowest BCUT2D eigenvalue weighted by molar-refractivity contribution is 0.669. The van der Waals surface area contributed by atoms with E-state index in [4.69, 9.17) is 4.42 Å². The molecule has 0 aliphatic heterocycles. The molecule has 47 heavy (non-hydrogen) atoms. The highest BCUT2D eigenvalue weighted by atomic mass is 32.1. The van der Waals surface area contributed by atoms with Crippen LogP contribution in [0.2, 0.25) is 0 Å². The highest BCUT2D eigenvalue weighted by molar-refractivity contribution is 7.25. The van der Waals surface area contributed by atoms with Gasteiger partial charge in [-0.2, -0.15) is 0 Å². The summed E-state index contributed by atoms with van der Waals surface area (Å²) in [6.07, 6.45) is 0. The molecule has 0 radical (unpaired) electrons. The predicted octanol–water partition coefficient (Wildman–Crippen LogP) is 13.4. The van der Waals surface area contributed by atoms with Crippen LogP contribution in [0.25, 0.3) is 74.8 Å². The van der Waals surface area contributed by atoms with Gasteiger partial charge in [0.1, 0.15) is 11.2 Å². The first-order chi connectivity index (χ1) is 23.3. The van der Waals surface area contributed by atoms with Crippen molar-refractivity contribution in [2.24, 2.45) is 0 Å². The van der Waals surface area contributed by atoms with Crippen molar-refractivity contribution in [3.63, 3.8) is 0 Å². The van der Waals surface area contributed by atoms with E-state index in [0.29, 0.717) is 0 Å². The smallest absolute Gasteiger partial charge is 0.135 e. The number of nitrogens with zero attached hydrogens (tertiary/aromatic N) is 1. The zero-order valence-corrected chi connectivity index (χ0v) is 26.2. The molecule has 0 aliphatic rings. The van der Waals surface area contributed by atoms with Gasteiger partial charge in [-0.25, -0.2) is 0 Å². The van der Waals surface area contributed by atoms with Gasteiger partial charge in [-0.15, -0.1) is 11.3 Å². The second kappa shape index (κ2) is 10.3. The number of fused-ring (bicyclic) bond motifs is 8. The Morgan fingerprint density at radius 1 is 0.404 bits per heavy atom. The summed E-state index contributed by atoms with van der Waals surface area (Å²) in [5.74, 6) is 0. The summed E-state index contributed by atoms with van der Waals surface area (Å²) in [5.41, 5.74) is 7.63. The van der Waals surface area contributed by atoms with Crippen molar-refractivity contribution in [1.82, 2.24) is 0 Å². The molecule has 0 saturated heterocycles. The van der Waals surface area contributed by atoms with Crippen molar-refractivity contribution < 1.29 is 4.42 Å². The summed E-state index contributed by atoms with van der Waals surface area (Å²) in [4.78, 5) is 2.43. The average Bonchev–Trinajstić information content (AvgIpc) is 3.69. The van der Waals surface area contributed by atoms with Gasteiger partial charge < -0.3 is 9.32 Å². The van der Waals surface area contributed by atoms with Gasteiger partial charge in [0.2, 0.25) is 0 Å². The third-order valence-electron chi connectivity index (χ3n) is 9.44. The largest absolute Gasteiger partial charge is 0.456 e. The van der Waals surface area contributed by atoms with Crippen LogP contribution in [-0.2, 0) is 0 Å². The van der Waals surface area contributed by atoms with Crippen molar-refractivity contribution >= 4 is 92.1 Å². The molecular formula is C44H27NOS. The molecule has 0 N–H and O–H groups in total. The maximum absolute atomic E-state index is 6.16. The second-order valence-corrected chi connectivity index (χ2v) is 13.2. The van der Waals surface area contributed by atoms with Gasteiger partial charge in [0.15, 0.2) is 0 Å². The average molecular weight is 618 g/mol. The van der Waals surface area contributed by atoms with Crippen molar-refractivity contribution in [2.45, 2.75) is 0 Å². The van der Waals surface area contributed by atoms with Gasteiger partial charge in [0.05, 0.1) is 5.69 Å². The summed E-state index contributed by atoms with van der Waals surface area (Å²) >= 11 is 1.85. The summed E-state index contributed by atoms with van der Waals surface area (Å²) in [5, 5.41) is 9.74. The monoisotopic (exact) mass is 617 g/mol. The Hall–Kier alpha value is -5.90. The minimum atomic E-state index is 0.912. The summed E-state index contributed by atoms with van der Waals surface area (Å²) in [6, 6.07) is 59.2. The number of hydrogen-bond acceptors (Lipinski definition) is 3. The van der Waals surface area contributed by atoms with Crippen LogP contribution in [0.15, 0.2) is 168 Å². The molecule has 0 fully saturated rings. The number of benzene rings is 8. The molecule has 10 aromatic rings. The number of hydrogen-bond donors (Lipinski definition) is 0. The van der Waals surface area contributed by atoms with E-state index >= 15 is 0 Å². The van der Waals surface area contributed by atoms with Crippen molar-refractivity contribution in [3.8, 4) is 11.1 Å². The van der Waals surface area contributed by atoms with Crippen LogP contribution in [0.4, 0.5) is 17.1 Å². The Balaban J connectivity index is 1.21. The molecule has 3 heteroatoms. The van der Waals surface area contributed by atoms with Crippen molar-refractivity contribution in [1.29, 1.82) is 0 Å². The van der Waals surface area contributed by atoms with E-state index in [0.717, 1.165) is 39.0 Å². The zero-order valence-electron chi connectivity index (χ0n) is 25.4. The molecule has 0 spiro atoms. The summed E-state index contributed by atoms with van der Waals surface area (Å²) < 4.78 is 8.77. The Morgan fingerprint density at radius 2 is 1.09 bits per heavy atom. The molecule has 0 bridgehead atoms. The van der Waals surface area contributed by atoms with Crippen molar-refractivity contribution in [2.75, 3.05) is 4.90 Å². The van der Waals surface area contributed by atoms with Crippen LogP contribution in [0.3, 0.4) is 0 Å². The van der Waals surface area contributed by atoms with E-state index in [1.165, 1.54) is 52.8 Å². The number of furan rings is 1. The molecule has 2 heterocycles. The van der Waals surface area contributed by atoms with Crippen LogP contribution in [0.5, 0.6) is 0 Å². The predicted molar refractivity (Wildman–Crippen MR) is 202 cm³/mol. The number of thiophene rings is 1. The third-order valence-corrected chi connectivity index (χ3v) is 10.6. The van der Waals surface area contributed by atoms with E-state index in [1.807, 2.05) is 23.5 Å². The standard InChI is InChI=1S/C44H27NOS/c1-2-10-29-25-31(19-17-28(29)9-1)45(32-20-24-44-39(27-32)37-14-6-8-16-43(37)47-44)40-22-21-33(34-11-3-4-12-35(34)40)30-18-23-42-38(26-30)36-13-5-7-15-41(36)46-42/h1-27H. The molecule has 2 aromatic heterocycles. The first kappa shape index (κ1) is 26.3.